The van der Waals surface area contributed by atoms with Crippen molar-refractivity contribution in [1.82, 2.24) is 14.5 Å². The summed E-state index contributed by atoms with van der Waals surface area (Å²) in [4.78, 5) is 10.3. The van der Waals surface area contributed by atoms with Crippen molar-refractivity contribution in [2.24, 2.45) is 0 Å². The molecule has 2 aromatic heterocycles. The molecule has 0 unspecified atom stereocenters. The molecule has 3 heteroatoms. The van der Waals surface area contributed by atoms with E-state index in [4.69, 9.17) is 9.97 Å². The largest absolute Gasteiger partial charge is 0.309 e. The number of hydrogen-bond acceptors (Lipinski definition) is 2. The smallest absolute Gasteiger partial charge is 0.160 e. The second kappa shape index (κ2) is 12.9. The molecule has 0 amide bonds. The summed E-state index contributed by atoms with van der Waals surface area (Å²) in [5, 5.41) is 2.47. The predicted molar refractivity (Wildman–Crippen MR) is 230 cm³/mol. The zero-order valence-electron chi connectivity index (χ0n) is 30.5. The van der Waals surface area contributed by atoms with Crippen LogP contribution in [0.2, 0.25) is 0 Å². The van der Waals surface area contributed by atoms with Gasteiger partial charge in [0, 0.05) is 33.2 Å². The highest BCUT2D eigenvalue weighted by atomic mass is 15.0. The summed E-state index contributed by atoms with van der Waals surface area (Å²) in [6, 6.07) is 76.3. The number of aromatic nitrogens is 3. The normalized spacial score (nSPS) is 12.8. The maximum atomic E-state index is 5.15. The molecule has 56 heavy (non-hydrogen) atoms. The highest BCUT2D eigenvalue weighted by molar-refractivity contribution is 6.10. The van der Waals surface area contributed by atoms with Gasteiger partial charge in [0.05, 0.1) is 27.8 Å². The summed E-state index contributed by atoms with van der Waals surface area (Å²) in [6.07, 6.45) is 0. The van der Waals surface area contributed by atoms with Gasteiger partial charge in [-0.25, -0.2) is 9.97 Å². The molecule has 0 fully saturated rings. The number of hydrogen-bond donors (Lipinski definition) is 0. The minimum Gasteiger partial charge on any atom is -0.309 e. The van der Waals surface area contributed by atoms with E-state index in [0.717, 1.165) is 33.8 Å². The van der Waals surface area contributed by atoms with Crippen molar-refractivity contribution in [3.63, 3.8) is 0 Å². The van der Waals surface area contributed by atoms with Crippen molar-refractivity contribution in [3.8, 4) is 50.7 Å². The molecule has 0 saturated heterocycles. The fourth-order valence-corrected chi connectivity index (χ4v) is 9.04. The molecule has 0 spiro atoms. The van der Waals surface area contributed by atoms with Crippen LogP contribution >= 0.6 is 0 Å². The molecular formula is C53H35N3. The lowest BCUT2D eigenvalue weighted by Gasteiger charge is -2.34. The molecule has 0 atom stereocenters. The van der Waals surface area contributed by atoms with Crippen LogP contribution in [0.25, 0.3) is 72.5 Å². The van der Waals surface area contributed by atoms with Crippen molar-refractivity contribution >= 4 is 21.8 Å². The molecule has 10 aromatic rings. The molecule has 1 aliphatic rings. The summed E-state index contributed by atoms with van der Waals surface area (Å²) in [5.41, 5.74) is 15.4. The third kappa shape index (κ3) is 4.91. The topological polar surface area (TPSA) is 30.7 Å². The molecule has 0 aliphatic heterocycles. The fourth-order valence-electron chi connectivity index (χ4n) is 9.04. The van der Waals surface area contributed by atoms with Gasteiger partial charge in [0.2, 0.25) is 0 Å². The standard InChI is InChI=1S/C53H35N3/c1-4-16-36(17-5-1)48-35-49(37-18-6-2-7-19-37)55-52(54-48)38-28-30-39(31-29-38)53(46-25-13-10-22-42(46)43-23-11-14-26-47(43)53)40-32-33-51-45(34-40)44-24-12-15-27-50(44)56(51)41-20-8-3-9-21-41/h1-35H. The van der Waals surface area contributed by atoms with Crippen molar-refractivity contribution in [2.75, 3.05) is 0 Å². The van der Waals surface area contributed by atoms with Crippen molar-refractivity contribution < 1.29 is 0 Å². The Labute approximate surface area is 325 Å². The van der Waals surface area contributed by atoms with Gasteiger partial charge in [-0.05, 0) is 69.8 Å². The van der Waals surface area contributed by atoms with E-state index in [-0.39, 0.29) is 0 Å². The number of para-hydroxylation sites is 2. The Morgan fingerprint density at radius 1 is 0.357 bits per heavy atom. The maximum Gasteiger partial charge on any atom is 0.160 e. The molecule has 262 valence electrons. The van der Waals surface area contributed by atoms with Crippen LogP contribution in [0, 0.1) is 0 Å². The first-order valence-corrected chi connectivity index (χ1v) is 19.2. The van der Waals surface area contributed by atoms with Crippen LogP contribution in [-0.4, -0.2) is 14.5 Å². The Hall–Kier alpha value is -7.36. The number of nitrogens with zero attached hydrogens (tertiary/aromatic N) is 3. The minimum absolute atomic E-state index is 0.558. The number of rotatable bonds is 6. The first kappa shape index (κ1) is 32.1. The van der Waals surface area contributed by atoms with Gasteiger partial charge >= 0.3 is 0 Å². The van der Waals surface area contributed by atoms with Gasteiger partial charge < -0.3 is 4.57 Å². The van der Waals surface area contributed by atoms with Crippen LogP contribution in [0.15, 0.2) is 212 Å². The third-order valence-electron chi connectivity index (χ3n) is 11.5. The molecule has 3 nitrogen and oxygen atoms in total. The Morgan fingerprint density at radius 3 is 1.48 bits per heavy atom. The van der Waals surface area contributed by atoms with Crippen molar-refractivity contribution in [3.05, 3.63) is 235 Å². The van der Waals surface area contributed by atoms with Crippen LogP contribution < -0.4 is 0 Å². The van der Waals surface area contributed by atoms with Gasteiger partial charge in [-0.3, -0.25) is 0 Å². The van der Waals surface area contributed by atoms with Crippen molar-refractivity contribution in [1.29, 1.82) is 0 Å². The molecule has 0 bridgehead atoms. The highest BCUT2D eigenvalue weighted by Crippen LogP contribution is 2.56. The Bertz CT molecular complexity index is 2950. The molecule has 0 radical (unpaired) electrons. The van der Waals surface area contributed by atoms with E-state index in [1.165, 1.54) is 55.2 Å². The van der Waals surface area contributed by atoms with Gasteiger partial charge in [-0.1, -0.05) is 176 Å². The molecule has 1 aliphatic carbocycles. The first-order chi connectivity index (χ1) is 27.8. The Balaban J connectivity index is 1.13. The number of fused-ring (bicyclic) bond motifs is 6. The van der Waals surface area contributed by atoms with Gasteiger partial charge in [-0.15, -0.1) is 0 Å². The van der Waals surface area contributed by atoms with Crippen LogP contribution in [-0.2, 0) is 5.41 Å². The fraction of sp³-hybridized carbons (Fsp3) is 0.0189. The van der Waals surface area contributed by atoms with Crippen LogP contribution in [0.1, 0.15) is 22.3 Å². The maximum absolute atomic E-state index is 5.15. The summed E-state index contributed by atoms with van der Waals surface area (Å²) in [7, 11) is 0. The summed E-state index contributed by atoms with van der Waals surface area (Å²) >= 11 is 0. The van der Waals surface area contributed by atoms with Gasteiger partial charge in [-0.2, -0.15) is 0 Å². The van der Waals surface area contributed by atoms with E-state index < -0.39 is 5.41 Å². The molecular weight excluding hydrogens is 679 g/mol. The number of benzene rings is 8. The first-order valence-electron chi connectivity index (χ1n) is 19.2. The van der Waals surface area contributed by atoms with E-state index in [1.54, 1.807) is 0 Å². The summed E-state index contributed by atoms with van der Waals surface area (Å²) in [6.45, 7) is 0. The second-order valence-corrected chi connectivity index (χ2v) is 14.5. The van der Waals surface area contributed by atoms with Crippen LogP contribution in [0.5, 0.6) is 0 Å². The third-order valence-corrected chi connectivity index (χ3v) is 11.5. The summed E-state index contributed by atoms with van der Waals surface area (Å²) in [5.74, 6) is 0.702. The van der Waals surface area contributed by atoms with Gasteiger partial charge in [0.1, 0.15) is 0 Å². The lowest BCUT2D eigenvalue weighted by Crippen LogP contribution is -2.28. The van der Waals surface area contributed by atoms with Gasteiger partial charge in [0.25, 0.3) is 0 Å². The monoisotopic (exact) mass is 713 g/mol. The molecule has 11 rings (SSSR count). The molecule has 2 heterocycles. The zero-order chi connectivity index (χ0) is 37.1. The quantitative estimate of drug-likeness (QED) is 0.172. The second-order valence-electron chi connectivity index (χ2n) is 14.5. The van der Waals surface area contributed by atoms with Crippen LogP contribution in [0.3, 0.4) is 0 Å². The Morgan fingerprint density at radius 2 is 0.857 bits per heavy atom. The SMILES string of the molecule is c1ccc(-c2cc(-c3ccccc3)nc(-c3ccc(C4(c5ccc6c(c5)c5ccccc5n6-c5ccccc5)c5ccccc5-c5ccccc54)cc3)n2)cc1. The van der Waals surface area contributed by atoms with Crippen molar-refractivity contribution in [2.45, 2.75) is 5.41 Å². The highest BCUT2D eigenvalue weighted by Gasteiger charge is 2.46. The molecule has 0 N–H and O–H groups in total. The minimum atomic E-state index is -0.558. The zero-order valence-corrected chi connectivity index (χ0v) is 30.5. The average Bonchev–Trinajstić information content (AvgIpc) is 3.78. The molecule has 0 saturated carbocycles. The van der Waals surface area contributed by atoms with E-state index >= 15 is 0 Å². The molecule has 8 aromatic carbocycles. The lowest BCUT2D eigenvalue weighted by atomic mass is 9.67. The van der Waals surface area contributed by atoms with Gasteiger partial charge in [0.15, 0.2) is 5.82 Å². The Kier molecular flexibility index (Phi) is 7.39. The average molecular weight is 714 g/mol. The van der Waals surface area contributed by atoms with E-state index in [1.807, 2.05) is 12.1 Å². The lowest BCUT2D eigenvalue weighted by molar-refractivity contribution is 0.770. The van der Waals surface area contributed by atoms with E-state index in [0.29, 0.717) is 5.82 Å². The van der Waals surface area contributed by atoms with Crippen LogP contribution in [0.4, 0.5) is 0 Å². The summed E-state index contributed by atoms with van der Waals surface area (Å²) < 4.78 is 2.39. The van der Waals surface area contributed by atoms with E-state index in [2.05, 4.69) is 205 Å². The predicted octanol–water partition coefficient (Wildman–Crippen LogP) is 12.9. The van der Waals surface area contributed by atoms with E-state index in [9.17, 15) is 0 Å².